The van der Waals surface area contributed by atoms with Gasteiger partial charge in [0.25, 0.3) is 0 Å². The van der Waals surface area contributed by atoms with Crippen molar-refractivity contribution in [1.82, 2.24) is 14.5 Å². The van der Waals surface area contributed by atoms with Gasteiger partial charge in [-0.15, -0.1) is 0 Å². The Labute approximate surface area is 154 Å². The number of amides is 1. The zero-order chi connectivity index (χ0) is 18.9. The van der Waals surface area contributed by atoms with Gasteiger partial charge in [0.2, 0.25) is 15.9 Å². The fraction of sp³-hybridized carbons (Fsp3) is 0.611. The summed E-state index contributed by atoms with van der Waals surface area (Å²) in [6.07, 6.45) is 1.34. The molecular formula is C18H26FN3O3S. The van der Waals surface area contributed by atoms with E-state index in [-0.39, 0.29) is 35.3 Å². The number of hydrogen-bond donors (Lipinski definition) is 1. The smallest absolute Gasteiger partial charge is 0.243 e. The minimum atomic E-state index is -3.72. The van der Waals surface area contributed by atoms with Gasteiger partial charge in [0, 0.05) is 38.3 Å². The molecule has 1 aromatic rings. The Morgan fingerprint density at radius 1 is 1.19 bits per heavy atom. The van der Waals surface area contributed by atoms with E-state index in [0.717, 1.165) is 18.7 Å². The molecule has 26 heavy (non-hydrogen) atoms. The van der Waals surface area contributed by atoms with Crippen LogP contribution in [-0.4, -0.2) is 61.8 Å². The highest BCUT2D eigenvalue weighted by Gasteiger charge is 2.37. The SMILES string of the molecule is CC1NCCN(C(=O)C2CCCN(S(=O)(=O)c3ccc(F)cc3)C2)C1C. The third-order valence-corrected chi connectivity index (χ3v) is 7.38. The molecule has 0 spiro atoms. The average molecular weight is 383 g/mol. The molecule has 2 saturated heterocycles. The lowest BCUT2D eigenvalue weighted by Crippen LogP contribution is -2.59. The lowest BCUT2D eigenvalue weighted by atomic mass is 9.96. The molecule has 2 heterocycles. The number of hydrogen-bond acceptors (Lipinski definition) is 4. The fourth-order valence-corrected chi connectivity index (χ4v) is 5.24. The number of piperidine rings is 1. The first-order chi connectivity index (χ1) is 12.3. The molecule has 0 bridgehead atoms. The van der Waals surface area contributed by atoms with Crippen LogP contribution in [0.1, 0.15) is 26.7 Å². The lowest BCUT2D eigenvalue weighted by molar-refractivity contribution is -0.140. The van der Waals surface area contributed by atoms with Crippen LogP contribution in [0.3, 0.4) is 0 Å². The van der Waals surface area contributed by atoms with Crippen molar-refractivity contribution in [3.63, 3.8) is 0 Å². The summed E-state index contributed by atoms with van der Waals surface area (Å²) in [5.74, 6) is -0.769. The predicted octanol–water partition coefficient (Wildman–Crippen LogP) is 1.44. The van der Waals surface area contributed by atoms with Crippen molar-refractivity contribution in [2.45, 2.75) is 43.7 Å². The standard InChI is InChI=1S/C18H26FN3O3S/c1-13-14(2)22(11-9-20-13)18(23)15-4-3-10-21(12-15)26(24,25)17-7-5-16(19)6-8-17/h5-8,13-15,20H,3-4,9-12H2,1-2H3. The van der Waals surface area contributed by atoms with E-state index in [4.69, 9.17) is 0 Å². The third kappa shape index (κ3) is 3.77. The van der Waals surface area contributed by atoms with Crippen LogP contribution in [0, 0.1) is 11.7 Å². The Morgan fingerprint density at radius 2 is 1.88 bits per heavy atom. The number of benzene rings is 1. The summed E-state index contributed by atoms with van der Waals surface area (Å²) < 4.78 is 40.1. The highest BCUT2D eigenvalue weighted by atomic mass is 32.2. The zero-order valence-corrected chi connectivity index (χ0v) is 16.0. The van der Waals surface area contributed by atoms with Crippen molar-refractivity contribution >= 4 is 15.9 Å². The van der Waals surface area contributed by atoms with E-state index in [1.807, 2.05) is 11.8 Å². The van der Waals surface area contributed by atoms with Gasteiger partial charge in [0.15, 0.2) is 0 Å². The van der Waals surface area contributed by atoms with Crippen LogP contribution in [0.2, 0.25) is 0 Å². The maximum Gasteiger partial charge on any atom is 0.243 e. The number of nitrogens with one attached hydrogen (secondary N) is 1. The molecule has 8 heteroatoms. The Hall–Kier alpha value is -1.51. The van der Waals surface area contributed by atoms with Crippen molar-refractivity contribution in [3.8, 4) is 0 Å². The summed E-state index contributed by atoms with van der Waals surface area (Å²) in [4.78, 5) is 14.9. The van der Waals surface area contributed by atoms with E-state index in [0.29, 0.717) is 25.9 Å². The first-order valence-electron chi connectivity index (χ1n) is 9.10. The quantitative estimate of drug-likeness (QED) is 0.857. The van der Waals surface area contributed by atoms with Gasteiger partial charge in [0.1, 0.15) is 5.82 Å². The summed E-state index contributed by atoms with van der Waals surface area (Å²) in [7, 11) is -3.72. The fourth-order valence-electron chi connectivity index (χ4n) is 3.72. The topological polar surface area (TPSA) is 69.7 Å². The van der Waals surface area contributed by atoms with Crippen molar-refractivity contribution in [2.24, 2.45) is 5.92 Å². The molecular weight excluding hydrogens is 357 g/mol. The number of nitrogens with zero attached hydrogens (tertiary/aromatic N) is 2. The van der Waals surface area contributed by atoms with E-state index in [2.05, 4.69) is 12.2 Å². The molecule has 0 saturated carbocycles. The van der Waals surface area contributed by atoms with E-state index in [1.54, 1.807) is 0 Å². The minimum absolute atomic E-state index is 0.0323. The van der Waals surface area contributed by atoms with Crippen LogP contribution in [0.25, 0.3) is 0 Å². The van der Waals surface area contributed by atoms with Gasteiger partial charge in [-0.3, -0.25) is 4.79 Å². The molecule has 6 nitrogen and oxygen atoms in total. The van der Waals surface area contributed by atoms with Crippen LogP contribution in [-0.2, 0) is 14.8 Å². The third-order valence-electron chi connectivity index (χ3n) is 5.50. The first kappa shape index (κ1) is 19.3. The Kier molecular flexibility index (Phi) is 5.64. The van der Waals surface area contributed by atoms with E-state index in [9.17, 15) is 17.6 Å². The monoisotopic (exact) mass is 383 g/mol. The number of sulfonamides is 1. The molecule has 0 aliphatic carbocycles. The summed E-state index contributed by atoms with van der Waals surface area (Å²) >= 11 is 0. The highest BCUT2D eigenvalue weighted by molar-refractivity contribution is 7.89. The van der Waals surface area contributed by atoms with Gasteiger partial charge < -0.3 is 10.2 Å². The van der Waals surface area contributed by atoms with Gasteiger partial charge in [0.05, 0.1) is 10.8 Å². The molecule has 0 radical (unpaired) electrons. The van der Waals surface area contributed by atoms with Crippen molar-refractivity contribution in [1.29, 1.82) is 0 Å². The van der Waals surface area contributed by atoms with Crippen LogP contribution >= 0.6 is 0 Å². The highest BCUT2D eigenvalue weighted by Crippen LogP contribution is 2.26. The van der Waals surface area contributed by atoms with Gasteiger partial charge in [-0.25, -0.2) is 12.8 Å². The van der Waals surface area contributed by atoms with Gasteiger partial charge in [-0.05, 0) is 51.0 Å². The Morgan fingerprint density at radius 3 is 2.58 bits per heavy atom. The second-order valence-corrected chi connectivity index (χ2v) is 9.11. The van der Waals surface area contributed by atoms with Gasteiger partial charge in [-0.2, -0.15) is 4.31 Å². The number of carbonyl (C=O) groups excluding carboxylic acids is 1. The average Bonchev–Trinajstić information content (AvgIpc) is 2.64. The molecule has 1 amide bonds. The Bertz CT molecular complexity index is 753. The Balaban J connectivity index is 1.74. The molecule has 2 fully saturated rings. The number of piperazine rings is 1. The molecule has 3 rings (SSSR count). The summed E-state index contributed by atoms with van der Waals surface area (Å²) in [5, 5.41) is 3.35. The van der Waals surface area contributed by atoms with Gasteiger partial charge >= 0.3 is 0 Å². The lowest BCUT2D eigenvalue weighted by Gasteiger charge is -2.42. The van der Waals surface area contributed by atoms with E-state index < -0.39 is 15.8 Å². The molecule has 144 valence electrons. The number of halogens is 1. The second-order valence-electron chi connectivity index (χ2n) is 7.17. The second kappa shape index (κ2) is 7.62. The van der Waals surface area contributed by atoms with Crippen molar-refractivity contribution in [2.75, 3.05) is 26.2 Å². The number of carbonyl (C=O) groups is 1. The van der Waals surface area contributed by atoms with Crippen LogP contribution in [0.15, 0.2) is 29.2 Å². The maximum atomic E-state index is 13.1. The largest absolute Gasteiger partial charge is 0.337 e. The predicted molar refractivity (Wildman–Crippen MR) is 96.5 cm³/mol. The summed E-state index contributed by atoms with van der Waals surface area (Å²) in [5.41, 5.74) is 0. The van der Waals surface area contributed by atoms with E-state index >= 15 is 0 Å². The summed E-state index contributed by atoms with van der Waals surface area (Å²) in [6.45, 7) is 6.04. The molecule has 1 N–H and O–H groups in total. The van der Waals surface area contributed by atoms with Crippen LogP contribution in [0.5, 0.6) is 0 Å². The molecule has 3 atom stereocenters. The number of rotatable bonds is 3. The molecule has 3 unspecified atom stereocenters. The van der Waals surface area contributed by atoms with Crippen molar-refractivity contribution in [3.05, 3.63) is 30.1 Å². The van der Waals surface area contributed by atoms with Gasteiger partial charge in [-0.1, -0.05) is 0 Å². The summed E-state index contributed by atoms with van der Waals surface area (Å²) in [6, 6.07) is 5.13. The molecule has 2 aliphatic rings. The van der Waals surface area contributed by atoms with Crippen molar-refractivity contribution < 1.29 is 17.6 Å². The first-order valence-corrected chi connectivity index (χ1v) is 10.5. The molecule has 0 aromatic heterocycles. The van der Waals surface area contributed by atoms with E-state index in [1.165, 1.54) is 16.4 Å². The van der Waals surface area contributed by atoms with Crippen LogP contribution in [0.4, 0.5) is 4.39 Å². The molecule has 2 aliphatic heterocycles. The van der Waals surface area contributed by atoms with Crippen LogP contribution < -0.4 is 5.32 Å². The normalized spacial score (nSPS) is 28.1. The maximum absolute atomic E-state index is 13.1. The molecule has 1 aromatic carbocycles. The zero-order valence-electron chi connectivity index (χ0n) is 15.2. The minimum Gasteiger partial charge on any atom is -0.337 e.